The van der Waals surface area contributed by atoms with E-state index in [0.717, 1.165) is 25.9 Å². The van der Waals surface area contributed by atoms with E-state index in [1.807, 2.05) is 11.3 Å². The van der Waals surface area contributed by atoms with Gasteiger partial charge < -0.3 is 10.4 Å². The summed E-state index contributed by atoms with van der Waals surface area (Å²) in [7, 11) is 0. The molecule has 1 aromatic rings. The maximum atomic E-state index is 9.63. The molecule has 2 atom stereocenters. The molecule has 1 saturated carbocycles. The molecule has 2 nitrogen and oxygen atoms in total. The molecule has 2 N–H and O–H groups in total. The largest absolute Gasteiger partial charge is 0.393 e. The third-order valence-corrected chi connectivity index (χ3v) is 4.09. The third kappa shape index (κ3) is 3.30. The molecule has 2 unspecified atom stereocenters. The average Bonchev–Trinajstić information content (AvgIpc) is 2.85. The molecule has 1 aliphatic carbocycles. The summed E-state index contributed by atoms with van der Waals surface area (Å²) in [6.07, 6.45) is 4.43. The molecule has 0 amide bonds. The second-order valence-electron chi connectivity index (χ2n) is 4.29. The minimum atomic E-state index is -0.0563. The smallest absolute Gasteiger partial charge is 0.0580 e. The Kier molecular flexibility index (Phi) is 4.18. The second-order valence-corrected chi connectivity index (χ2v) is 5.32. The van der Waals surface area contributed by atoms with E-state index in [-0.39, 0.29) is 6.10 Å². The van der Waals surface area contributed by atoms with Gasteiger partial charge in [0.15, 0.2) is 0 Å². The summed E-state index contributed by atoms with van der Waals surface area (Å²) in [4.78, 5) is 1.44. The molecule has 0 spiro atoms. The zero-order valence-electron chi connectivity index (χ0n) is 8.98. The van der Waals surface area contributed by atoms with Gasteiger partial charge in [-0.05, 0) is 43.2 Å². The lowest BCUT2D eigenvalue weighted by Gasteiger charge is -2.14. The van der Waals surface area contributed by atoms with Gasteiger partial charge in [0.05, 0.1) is 6.10 Å². The number of aliphatic hydroxyl groups excluding tert-OH is 1. The van der Waals surface area contributed by atoms with Gasteiger partial charge in [-0.3, -0.25) is 0 Å². The topological polar surface area (TPSA) is 32.3 Å². The van der Waals surface area contributed by atoms with Crippen molar-refractivity contribution in [2.24, 2.45) is 5.92 Å². The van der Waals surface area contributed by atoms with Crippen molar-refractivity contribution in [2.45, 2.75) is 31.8 Å². The number of rotatable bonds is 5. The summed E-state index contributed by atoms with van der Waals surface area (Å²) < 4.78 is 0. The number of aliphatic hydroxyl groups is 1. The molecule has 1 fully saturated rings. The van der Waals surface area contributed by atoms with Gasteiger partial charge in [-0.1, -0.05) is 12.5 Å². The van der Waals surface area contributed by atoms with E-state index < -0.39 is 0 Å². The first-order valence-corrected chi connectivity index (χ1v) is 6.65. The fraction of sp³-hybridized carbons (Fsp3) is 0.667. The van der Waals surface area contributed by atoms with Crippen LogP contribution in [0.5, 0.6) is 0 Å². The van der Waals surface area contributed by atoms with Crippen molar-refractivity contribution in [3.05, 3.63) is 22.4 Å². The van der Waals surface area contributed by atoms with Gasteiger partial charge in [-0.2, -0.15) is 0 Å². The summed E-state index contributed by atoms with van der Waals surface area (Å²) in [5.41, 5.74) is 0. The normalized spacial score (nSPS) is 25.9. The first-order chi connectivity index (χ1) is 7.36. The van der Waals surface area contributed by atoms with Crippen LogP contribution in [-0.2, 0) is 6.42 Å². The molecule has 15 heavy (non-hydrogen) atoms. The molecular formula is C12H19NOS. The fourth-order valence-electron chi connectivity index (χ4n) is 2.21. The maximum absolute atomic E-state index is 9.63. The van der Waals surface area contributed by atoms with Crippen molar-refractivity contribution >= 4 is 11.3 Å². The third-order valence-electron chi connectivity index (χ3n) is 3.15. The predicted molar refractivity (Wildman–Crippen MR) is 64.2 cm³/mol. The molecule has 0 aromatic carbocycles. The Bertz CT molecular complexity index is 273. The molecule has 3 heteroatoms. The highest BCUT2D eigenvalue weighted by Crippen LogP contribution is 2.24. The highest BCUT2D eigenvalue weighted by molar-refractivity contribution is 7.09. The van der Waals surface area contributed by atoms with E-state index in [4.69, 9.17) is 0 Å². The Morgan fingerprint density at radius 1 is 1.47 bits per heavy atom. The summed E-state index contributed by atoms with van der Waals surface area (Å²) >= 11 is 1.82. The van der Waals surface area contributed by atoms with E-state index >= 15 is 0 Å². The van der Waals surface area contributed by atoms with Crippen LogP contribution in [0.15, 0.2) is 17.5 Å². The Labute approximate surface area is 95.3 Å². The Morgan fingerprint density at radius 2 is 2.40 bits per heavy atom. The van der Waals surface area contributed by atoms with Gasteiger partial charge in [0.25, 0.3) is 0 Å². The maximum Gasteiger partial charge on any atom is 0.0580 e. The molecule has 0 bridgehead atoms. The monoisotopic (exact) mass is 225 g/mol. The van der Waals surface area contributed by atoms with Crippen LogP contribution in [0.1, 0.15) is 24.1 Å². The molecule has 1 heterocycles. The van der Waals surface area contributed by atoms with E-state index in [1.165, 1.54) is 17.7 Å². The molecule has 2 rings (SSSR count). The molecular weight excluding hydrogens is 206 g/mol. The average molecular weight is 225 g/mol. The van der Waals surface area contributed by atoms with Crippen molar-refractivity contribution in [2.75, 3.05) is 13.1 Å². The van der Waals surface area contributed by atoms with Crippen LogP contribution in [0.3, 0.4) is 0 Å². The van der Waals surface area contributed by atoms with Gasteiger partial charge in [0, 0.05) is 11.4 Å². The highest BCUT2D eigenvalue weighted by atomic mass is 32.1. The Balaban J connectivity index is 1.59. The van der Waals surface area contributed by atoms with E-state index in [2.05, 4.69) is 22.8 Å². The Morgan fingerprint density at radius 3 is 3.07 bits per heavy atom. The lowest BCUT2D eigenvalue weighted by atomic mass is 10.1. The van der Waals surface area contributed by atoms with Crippen LogP contribution in [0.2, 0.25) is 0 Å². The molecule has 0 aliphatic heterocycles. The van der Waals surface area contributed by atoms with Crippen molar-refractivity contribution in [3.8, 4) is 0 Å². The van der Waals surface area contributed by atoms with Crippen LogP contribution >= 0.6 is 11.3 Å². The molecule has 0 saturated heterocycles. The van der Waals surface area contributed by atoms with Gasteiger partial charge in [0.1, 0.15) is 0 Å². The number of hydrogen-bond donors (Lipinski definition) is 2. The lowest BCUT2D eigenvalue weighted by Crippen LogP contribution is -2.29. The first kappa shape index (κ1) is 11.1. The van der Waals surface area contributed by atoms with Crippen LogP contribution in [-0.4, -0.2) is 24.3 Å². The van der Waals surface area contributed by atoms with Crippen LogP contribution in [0.4, 0.5) is 0 Å². The van der Waals surface area contributed by atoms with E-state index in [9.17, 15) is 5.11 Å². The van der Waals surface area contributed by atoms with E-state index in [0.29, 0.717) is 5.92 Å². The van der Waals surface area contributed by atoms with Crippen molar-refractivity contribution in [1.29, 1.82) is 0 Å². The summed E-state index contributed by atoms with van der Waals surface area (Å²) in [6.45, 7) is 2.01. The fourth-order valence-corrected chi connectivity index (χ4v) is 2.92. The first-order valence-electron chi connectivity index (χ1n) is 5.77. The zero-order valence-corrected chi connectivity index (χ0v) is 9.80. The molecule has 1 aliphatic rings. The Hall–Kier alpha value is -0.380. The summed E-state index contributed by atoms with van der Waals surface area (Å²) in [5.74, 6) is 0.494. The van der Waals surface area contributed by atoms with Crippen molar-refractivity contribution in [1.82, 2.24) is 5.32 Å². The predicted octanol–water partition coefficient (Wildman–Crippen LogP) is 2.04. The number of hydrogen-bond acceptors (Lipinski definition) is 3. The van der Waals surface area contributed by atoms with Gasteiger partial charge >= 0.3 is 0 Å². The van der Waals surface area contributed by atoms with E-state index in [1.54, 1.807) is 0 Å². The van der Waals surface area contributed by atoms with Crippen LogP contribution in [0, 0.1) is 5.92 Å². The van der Waals surface area contributed by atoms with Gasteiger partial charge in [0.2, 0.25) is 0 Å². The minimum Gasteiger partial charge on any atom is -0.393 e. The lowest BCUT2D eigenvalue weighted by molar-refractivity contribution is 0.132. The van der Waals surface area contributed by atoms with Crippen molar-refractivity contribution < 1.29 is 5.11 Å². The molecule has 1 aromatic heterocycles. The standard InChI is InChI=1S/C12H19NOS/c14-12-5-1-3-10(12)9-13-7-6-11-4-2-8-15-11/h2,4,8,10,12-14H,1,3,5-7,9H2. The van der Waals surface area contributed by atoms with Crippen LogP contribution < -0.4 is 5.32 Å². The number of nitrogens with one attached hydrogen (secondary N) is 1. The SMILES string of the molecule is OC1CCCC1CNCCc1cccs1. The minimum absolute atomic E-state index is 0.0563. The molecule has 0 radical (unpaired) electrons. The van der Waals surface area contributed by atoms with Crippen LogP contribution in [0.25, 0.3) is 0 Å². The highest BCUT2D eigenvalue weighted by Gasteiger charge is 2.24. The quantitative estimate of drug-likeness (QED) is 0.752. The second kappa shape index (κ2) is 5.64. The zero-order chi connectivity index (χ0) is 10.5. The summed E-state index contributed by atoms with van der Waals surface area (Å²) in [6, 6.07) is 4.28. The summed E-state index contributed by atoms with van der Waals surface area (Å²) in [5, 5.41) is 15.2. The van der Waals surface area contributed by atoms with Crippen molar-refractivity contribution in [3.63, 3.8) is 0 Å². The van der Waals surface area contributed by atoms with Gasteiger partial charge in [-0.15, -0.1) is 11.3 Å². The number of thiophene rings is 1. The van der Waals surface area contributed by atoms with Gasteiger partial charge in [-0.25, -0.2) is 0 Å². The molecule has 84 valence electrons.